The molecule has 1 aromatic heterocycles. The molecule has 0 unspecified atom stereocenters. The van der Waals surface area contributed by atoms with Crippen molar-refractivity contribution in [2.75, 3.05) is 0 Å². The Kier molecular flexibility index (Phi) is 3.65. The summed E-state index contributed by atoms with van der Waals surface area (Å²) in [4.78, 5) is 16.4. The molecule has 5 nitrogen and oxygen atoms in total. The van der Waals surface area contributed by atoms with Gasteiger partial charge in [-0.3, -0.25) is 14.3 Å². The molecule has 0 aliphatic carbocycles. The summed E-state index contributed by atoms with van der Waals surface area (Å²) >= 11 is 3.23. The smallest absolute Gasteiger partial charge is 0.274 e. The lowest BCUT2D eigenvalue weighted by Gasteiger charge is -2.06. The first-order valence-corrected chi connectivity index (χ1v) is 4.95. The Morgan fingerprint density at radius 3 is 2.79 bits per heavy atom. The Labute approximate surface area is 90.5 Å². The first kappa shape index (κ1) is 11.2. The van der Waals surface area contributed by atoms with E-state index in [0.29, 0.717) is 10.2 Å². The van der Waals surface area contributed by atoms with Crippen molar-refractivity contribution >= 4 is 21.8 Å². The summed E-state index contributed by atoms with van der Waals surface area (Å²) in [6.07, 6.45) is 1.64. The molecule has 1 rings (SSSR count). The van der Waals surface area contributed by atoms with Gasteiger partial charge < -0.3 is 0 Å². The Balaban J connectivity index is 2.65. The van der Waals surface area contributed by atoms with E-state index in [1.807, 2.05) is 13.8 Å². The van der Waals surface area contributed by atoms with Gasteiger partial charge >= 0.3 is 0 Å². The third kappa shape index (κ3) is 2.81. The van der Waals surface area contributed by atoms with Gasteiger partial charge in [0.2, 0.25) is 0 Å². The normalized spacial score (nSPS) is 10.6. The highest BCUT2D eigenvalue weighted by atomic mass is 79.9. The molecule has 0 bridgehead atoms. The van der Waals surface area contributed by atoms with Crippen LogP contribution >= 0.6 is 15.9 Å². The summed E-state index contributed by atoms with van der Waals surface area (Å²) < 4.78 is 2.19. The monoisotopic (exact) mass is 261 g/mol. The highest BCUT2D eigenvalue weighted by Crippen LogP contribution is 2.13. The number of hydroxylamine groups is 1. The van der Waals surface area contributed by atoms with Gasteiger partial charge in [0.1, 0.15) is 0 Å². The van der Waals surface area contributed by atoms with Crippen LogP contribution in [0, 0.1) is 0 Å². The van der Waals surface area contributed by atoms with Crippen LogP contribution in [0.15, 0.2) is 10.7 Å². The van der Waals surface area contributed by atoms with Gasteiger partial charge in [0.25, 0.3) is 5.91 Å². The number of aromatic nitrogens is 2. The second-order valence-corrected chi connectivity index (χ2v) is 3.95. The minimum absolute atomic E-state index is 0.0542. The van der Waals surface area contributed by atoms with Crippen LogP contribution in [0.1, 0.15) is 24.3 Å². The van der Waals surface area contributed by atoms with E-state index in [0.717, 1.165) is 0 Å². The lowest BCUT2D eigenvalue weighted by atomic mass is 10.4. The maximum absolute atomic E-state index is 11.4. The average molecular weight is 262 g/mol. The number of halogens is 1. The standard InChI is InChI=1S/C8H12BrN3O2/c1-5(2)14-11-8(13)7-6(9)4-12(3)10-7/h4-5H,1-3H3,(H,11,13). The van der Waals surface area contributed by atoms with E-state index in [-0.39, 0.29) is 12.0 Å². The maximum atomic E-state index is 11.4. The van der Waals surface area contributed by atoms with Crippen molar-refractivity contribution in [1.29, 1.82) is 0 Å². The predicted octanol–water partition coefficient (Wildman–Crippen LogP) is 1.25. The van der Waals surface area contributed by atoms with Crippen LogP contribution in [-0.4, -0.2) is 21.8 Å². The number of carbonyl (C=O) groups is 1. The lowest BCUT2D eigenvalue weighted by molar-refractivity contribution is -0.000225. The second kappa shape index (κ2) is 4.56. The van der Waals surface area contributed by atoms with Gasteiger partial charge in [-0.1, -0.05) is 0 Å². The van der Waals surface area contributed by atoms with Gasteiger partial charge in [-0.25, -0.2) is 5.48 Å². The van der Waals surface area contributed by atoms with Crippen LogP contribution in [-0.2, 0) is 11.9 Å². The first-order chi connectivity index (χ1) is 6.50. The zero-order valence-electron chi connectivity index (χ0n) is 8.24. The molecule has 0 aromatic carbocycles. The predicted molar refractivity (Wildman–Crippen MR) is 54.6 cm³/mol. The number of hydrogen-bond donors (Lipinski definition) is 1. The maximum Gasteiger partial charge on any atom is 0.296 e. The van der Waals surface area contributed by atoms with Gasteiger partial charge in [-0.2, -0.15) is 5.10 Å². The Hall–Kier alpha value is -0.880. The number of amides is 1. The molecule has 1 heterocycles. The fourth-order valence-corrected chi connectivity index (χ4v) is 1.39. The van der Waals surface area contributed by atoms with Crippen LogP contribution in [0.5, 0.6) is 0 Å². The molecule has 0 aliphatic rings. The van der Waals surface area contributed by atoms with Gasteiger partial charge in [-0.05, 0) is 29.8 Å². The second-order valence-electron chi connectivity index (χ2n) is 3.10. The average Bonchev–Trinajstić information content (AvgIpc) is 2.41. The summed E-state index contributed by atoms with van der Waals surface area (Å²) in [5, 5.41) is 3.97. The zero-order chi connectivity index (χ0) is 10.7. The zero-order valence-corrected chi connectivity index (χ0v) is 9.83. The van der Waals surface area contributed by atoms with Crippen molar-refractivity contribution in [2.45, 2.75) is 20.0 Å². The van der Waals surface area contributed by atoms with Crippen LogP contribution in [0.25, 0.3) is 0 Å². The molecule has 0 atom stereocenters. The van der Waals surface area contributed by atoms with Crippen molar-refractivity contribution < 1.29 is 9.63 Å². The van der Waals surface area contributed by atoms with Crippen molar-refractivity contribution in [1.82, 2.24) is 15.3 Å². The number of rotatable bonds is 3. The van der Waals surface area contributed by atoms with Gasteiger partial charge in [0, 0.05) is 13.2 Å². The minimum Gasteiger partial charge on any atom is -0.274 e. The van der Waals surface area contributed by atoms with Crippen LogP contribution in [0.2, 0.25) is 0 Å². The van der Waals surface area contributed by atoms with Crippen molar-refractivity contribution in [2.24, 2.45) is 7.05 Å². The summed E-state index contributed by atoms with van der Waals surface area (Å²) in [7, 11) is 1.74. The summed E-state index contributed by atoms with van der Waals surface area (Å²) in [5.74, 6) is -0.355. The molecular weight excluding hydrogens is 250 g/mol. The molecule has 1 amide bonds. The van der Waals surface area contributed by atoms with E-state index >= 15 is 0 Å². The molecule has 0 radical (unpaired) electrons. The van der Waals surface area contributed by atoms with E-state index < -0.39 is 0 Å². The summed E-state index contributed by atoms with van der Waals surface area (Å²) in [6.45, 7) is 3.65. The first-order valence-electron chi connectivity index (χ1n) is 4.16. The van der Waals surface area contributed by atoms with Crippen LogP contribution in [0.3, 0.4) is 0 Å². The number of hydrogen-bond acceptors (Lipinski definition) is 3. The molecule has 0 saturated carbocycles. The third-order valence-electron chi connectivity index (χ3n) is 1.39. The highest BCUT2D eigenvalue weighted by molar-refractivity contribution is 9.10. The Morgan fingerprint density at radius 2 is 2.36 bits per heavy atom. The molecule has 0 saturated heterocycles. The van der Waals surface area contributed by atoms with Gasteiger partial charge in [0.15, 0.2) is 5.69 Å². The third-order valence-corrected chi connectivity index (χ3v) is 1.97. The molecule has 1 N–H and O–H groups in total. The van der Waals surface area contributed by atoms with E-state index in [1.165, 1.54) is 0 Å². The molecule has 14 heavy (non-hydrogen) atoms. The van der Waals surface area contributed by atoms with Gasteiger partial charge in [-0.15, -0.1) is 0 Å². The molecule has 78 valence electrons. The van der Waals surface area contributed by atoms with Crippen molar-refractivity contribution in [3.8, 4) is 0 Å². The Morgan fingerprint density at radius 1 is 1.71 bits per heavy atom. The SMILES string of the molecule is CC(C)ONC(=O)c1nn(C)cc1Br. The summed E-state index contributed by atoms with van der Waals surface area (Å²) in [6, 6.07) is 0. The van der Waals surface area contributed by atoms with E-state index in [2.05, 4.69) is 26.5 Å². The van der Waals surface area contributed by atoms with E-state index in [9.17, 15) is 4.79 Å². The van der Waals surface area contributed by atoms with Crippen molar-refractivity contribution in [3.63, 3.8) is 0 Å². The van der Waals surface area contributed by atoms with Crippen LogP contribution < -0.4 is 5.48 Å². The van der Waals surface area contributed by atoms with Crippen molar-refractivity contribution in [3.05, 3.63) is 16.4 Å². The van der Waals surface area contributed by atoms with Crippen LogP contribution in [0.4, 0.5) is 0 Å². The van der Waals surface area contributed by atoms with E-state index in [1.54, 1.807) is 17.9 Å². The molecule has 0 aliphatic heterocycles. The largest absolute Gasteiger partial charge is 0.296 e. The van der Waals surface area contributed by atoms with E-state index in [4.69, 9.17) is 4.84 Å². The fourth-order valence-electron chi connectivity index (χ4n) is 0.833. The Bertz CT molecular complexity index is 335. The number of aryl methyl sites for hydroxylation is 1. The fraction of sp³-hybridized carbons (Fsp3) is 0.500. The quantitative estimate of drug-likeness (QED) is 0.834. The minimum atomic E-state index is -0.355. The molecule has 0 fully saturated rings. The number of nitrogens with one attached hydrogen (secondary N) is 1. The number of carbonyl (C=O) groups excluding carboxylic acids is 1. The molecular formula is C8H12BrN3O2. The molecule has 1 aromatic rings. The molecule has 6 heteroatoms. The topological polar surface area (TPSA) is 56.1 Å². The summed E-state index contributed by atoms with van der Waals surface area (Å²) in [5.41, 5.74) is 2.62. The molecule has 0 spiro atoms. The van der Waals surface area contributed by atoms with Gasteiger partial charge in [0.05, 0.1) is 10.6 Å². The highest BCUT2D eigenvalue weighted by Gasteiger charge is 2.14. The number of nitrogens with zero attached hydrogens (tertiary/aromatic N) is 2. The lowest BCUT2D eigenvalue weighted by Crippen LogP contribution is -2.27.